The molecule has 1 N–H and O–H groups in total. The van der Waals surface area contributed by atoms with E-state index in [1.54, 1.807) is 30.1 Å². The second-order valence-corrected chi connectivity index (χ2v) is 9.74. The van der Waals surface area contributed by atoms with Gasteiger partial charge in [-0.1, -0.05) is 24.3 Å². The van der Waals surface area contributed by atoms with Crippen molar-refractivity contribution in [3.63, 3.8) is 0 Å². The van der Waals surface area contributed by atoms with Crippen molar-refractivity contribution in [2.75, 3.05) is 13.6 Å². The van der Waals surface area contributed by atoms with Crippen LogP contribution in [0.25, 0.3) is 10.9 Å². The number of hydrogen-bond acceptors (Lipinski definition) is 3. The Morgan fingerprint density at radius 3 is 2.66 bits per heavy atom. The van der Waals surface area contributed by atoms with E-state index >= 15 is 0 Å². The molecule has 152 valence electrons. The van der Waals surface area contributed by atoms with E-state index < -0.39 is 10.0 Å². The Balaban J connectivity index is 1.63. The molecule has 4 rings (SSSR count). The molecule has 0 fully saturated rings. The fourth-order valence-corrected chi connectivity index (χ4v) is 5.17. The first-order valence-corrected chi connectivity index (χ1v) is 11.2. The first-order chi connectivity index (χ1) is 13.8. The second kappa shape index (κ2) is 7.31. The van der Waals surface area contributed by atoms with Crippen molar-refractivity contribution in [2.24, 2.45) is 0 Å². The van der Waals surface area contributed by atoms with Gasteiger partial charge in [0.15, 0.2) is 0 Å². The minimum absolute atomic E-state index is 0.143. The summed E-state index contributed by atoms with van der Waals surface area (Å²) in [7, 11) is -2.08. The first-order valence-electron chi connectivity index (χ1n) is 9.75. The molecule has 0 unspecified atom stereocenters. The zero-order chi connectivity index (χ0) is 20.8. The van der Waals surface area contributed by atoms with Gasteiger partial charge in [0, 0.05) is 60.3 Å². The highest BCUT2D eigenvalue weighted by atomic mass is 32.2. The molecule has 0 aliphatic carbocycles. The molecule has 1 aromatic heterocycles. The van der Waals surface area contributed by atoms with Crippen molar-refractivity contribution in [2.45, 2.75) is 37.8 Å². The number of H-pyrrole nitrogens is 1. The number of amides is 1. The SMILES string of the molecule is CC(C)N(C)S(=O)(=O)c1cccc(C(=O)N2CCc3[nH]c4ccccc4c3C2)c1. The van der Waals surface area contributed by atoms with Crippen molar-refractivity contribution in [1.29, 1.82) is 0 Å². The second-order valence-electron chi connectivity index (χ2n) is 7.75. The average Bonchev–Trinajstić information content (AvgIpc) is 3.10. The molecule has 0 saturated carbocycles. The van der Waals surface area contributed by atoms with E-state index in [1.807, 2.05) is 32.0 Å². The van der Waals surface area contributed by atoms with Gasteiger partial charge in [0.2, 0.25) is 10.0 Å². The van der Waals surface area contributed by atoms with E-state index in [0.29, 0.717) is 18.7 Å². The molecule has 1 aliphatic rings. The third kappa shape index (κ3) is 3.45. The van der Waals surface area contributed by atoms with Crippen molar-refractivity contribution >= 4 is 26.8 Å². The van der Waals surface area contributed by atoms with E-state index in [1.165, 1.54) is 16.1 Å². The molecule has 1 aliphatic heterocycles. The first kappa shape index (κ1) is 19.7. The maximum atomic E-state index is 13.2. The number of hydrogen-bond donors (Lipinski definition) is 1. The van der Waals surface area contributed by atoms with Crippen LogP contribution < -0.4 is 0 Å². The predicted octanol–water partition coefficient (Wildman–Crippen LogP) is 3.40. The lowest BCUT2D eigenvalue weighted by atomic mass is 10.0. The number of para-hydroxylation sites is 1. The van der Waals surface area contributed by atoms with Gasteiger partial charge in [0.25, 0.3) is 5.91 Å². The van der Waals surface area contributed by atoms with Crippen molar-refractivity contribution in [3.05, 3.63) is 65.4 Å². The largest absolute Gasteiger partial charge is 0.358 e. The van der Waals surface area contributed by atoms with E-state index in [0.717, 1.165) is 22.9 Å². The van der Waals surface area contributed by atoms with Gasteiger partial charge in [-0.05, 0) is 38.1 Å². The number of rotatable bonds is 4. The fraction of sp³-hybridized carbons (Fsp3) is 0.318. The lowest BCUT2D eigenvalue weighted by Crippen LogP contribution is -2.36. The summed E-state index contributed by atoms with van der Waals surface area (Å²) in [5.74, 6) is -0.148. The summed E-state index contributed by atoms with van der Waals surface area (Å²) in [5, 5.41) is 1.13. The van der Waals surface area contributed by atoms with Crippen LogP contribution in [0.15, 0.2) is 53.4 Å². The predicted molar refractivity (Wildman–Crippen MR) is 113 cm³/mol. The molecule has 0 bridgehead atoms. The normalized spacial score (nSPS) is 14.6. The van der Waals surface area contributed by atoms with Gasteiger partial charge in [-0.2, -0.15) is 4.31 Å². The highest BCUT2D eigenvalue weighted by Crippen LogP contribution is 2.28. The van der Waals surface area contributed by atoms with Crippen LogP contribution in [0.5, 0.6) is 0 Å². The van der Waals surface area contributed by atoms with Gasteiger partial charge in [0.1, 0.15) is 0 Å². The highest BCUT2D eigenvalue weighted by molar-refractivity contribution is 7.89. The van der Waals surface area contributed by atoms with Crippen LogP contribution in [0.2, 0.25) is 0 Å². The van der Waals surface area contributed by atoms with E-state index in [2.05, 4.69) is 11.1 Å². The third-order valence-electron chi connectivity index (χ3n) is 5.66. The molecule has 2 aromatic carbocycles. The Bertz CT molecular complexity index is 1180. The minimum atomic E-state index is -3.64. The van der Waals surface area contributed by atoms with Gasteiger partial charge in [0.05, 0.1) is 4.90 Å². The maximum Gasteiger partial charge on any atom is 0.254 e. The topological polar surface area (TPSA) is 73.5 Å². The van der Waals surface area contributed by atoms with Crippen molar-refractivity contribution in [3.8, 4) is 0 Å². The quantitative estimate of drug-likeness (QED) is 0.715. The van der Waals surface area contributed by atoms with Gasteiger partial charge in [-0.15, -0.1) is 0 Å². The number of aromatic nitrogens is 1. The lowest BCUT2D eigenvalue weighted by molar-refractivity contribution is 0.0735. The average molecular weight is 412 g/mol. The van der Waals surface area contributed by atoms with Crippen LogP contribution in [-0.4, -0.2) is 48.1 Å². The van der Waals surface area contributed by atoms with Gasteiger partial charge < -0.3 is 9.88 Å². The molecule has 29 heavy (non-hydrogen) atoms. The molecule has 7 heteroatoms. The summed E-state index contributed by atoms with van der Waals surface area (Å²) < 4.78 is 26.9. The van der Waals surface area contributed by atoms with Crippen molar-refractivity contribution < 1.29 is 13.2 Å². The molecule has 0 spiro atoms. The molecule has 0 saturated heterocycles. The minimum Gasteiger partial charge on any atom is -0.358 e. The zero-order valence-electron chi connectivity index (χ0n) is 16.8. The van der Waals surface area contributed by atoms with E-state index in [-0.39, 0.29) is 16.8 Å². The number of sulfonamides is 1. The van der Waals surface area contributed by atoms with Gasteiger partial charge in [-0.25, -0.2) is 8.42 Å². The lowest BCUT2D eigenvalue weighted by Gasteiger charge is -2.27. The number of carbonyl (C=O) groups excluding carboxylic acids is 1. The number of nitrogens with zero attached hydrogens (tertiary/aromatic N) is 2. The molecule has 1 amide bonds. The molecular formula is C22H25N3O3S. The number of carbonyl (C=O) groups is 1. The number of fused-ring (bicyclic) bond motifs is 3. The standard InChI is InChI=1S/C22H25N3O3S/c1-15(2)24(3)29(27,28)17-8-6-7-16(13-17)22(26)25-12-11-21-19(14-25)18-9-4-5-10-20(18)23-21/h4-10,13,15,23H,11-12,14H2,1-3H3. The third-order valence-corrected chi connectivity index (χ3v) is 7.68. The number of aromatic amines is 1. The van der Waals surface area contributed by atoms with Crippen LogP contribution in [0.3, 0.4) is 0 Å². The van der Waals surface area contributed by atoms with Gasteiger partial charge in [-0.3, -0.25) is 4.79 Å². The Morgan fingerprint density at radius 1 is 1.14 bits per heavy atom. The van der Waals surface area contributed by atoms with E-state index in [4.69, 9.17) is 0 Å². The van der Waals surface area contributed by atoms with Crippen LogP contribution in [0, 0.1) is 0 Å². The Labute approximate surface area is 171 Å². The van der Waals surface area contributed by atoms with Crippen molar-refractivity contribution in [1.82, 2.24) is 14.2 Å². The Kier molecular flexibility index (Phi) is 4.96. The summed E-state index contributed by atoms with van der Waals surface area (Å²) in [5.41, 5.74) is 3.79. The maximum absolute atomic E-state index is 13.2. The summed E-state index contributed by atoms with van der Waals surface area (Å²) in [4.78, 5) is 18.5. The molecular weight excluding hydrogens is 386 g/mol. The van der Waals surface area contributed by atoms with E-state index in [9.17, 15) is 13.2 Å². The van der Waals surface area contributed by atoms with Crippen LogP contribution >= 0.6 is 0 Å². The van der Waals surface area contributed by atoms with Crippen LogP contribution in [0.4, 0.5) is 0 Å². The number of benzene rings is 2. The molecule has 3 aromatic rings. The molecule has 0 atom stereocenters. The molecule has 6 nitrogen and oxygen atoms in total. The molecule has 2 heterocycles. The number of nitrogens with one attached hydrogen (secondary N) is 1. The zero-order valence-corrected chi connectivity index (χ0v) is 17.7. The summed E-state index contributed by atoms with van der Waals surface area (Å²) in [6, 6.07) is 14.3. The Hall–Kier alpha value is -2.64. The smallest absolute Gasteiger partial charge is 0.254 e. The molecule has 0 radical (unpaired) electrons. The summed E-state index contributed by atoms with van der Waals surface area (Å²) >= 11 is 0. The van der Waals surface area contributed by atoms with Crippen LogP contribution in [0.1, 0.15) is 35.5 Å². The van der Waals surface area contributed by atoms with Crippen LogP contribution in [-0.2, 0) is 23.0 Å². The summed E-state index contributed by atoms with van der Waals surface area (Å²) in [6.45, 7) is 4.75. The summed E-state index contributed by atoms with van der Waals surface area (Å²) in [6.07, 6.45) is 0.754. The fourth-order valence-electron chi connectivity index (χ4n) is 3.76. The van der Waals surface area contributed by atoms with Gasteiger partial charge >= 0.3 is 0 Å². The highest BCUT2D eigenvalue weighted by Gasteiger charge is 2.27. The Morgan fingerprint density at radius 2 is 1.90 bits per heavy atom. The monoisotopic (exact) mass is 411 g/mol.